The Bertz CT molecular complexity index is 1870. The van der Waals surface area contributed by atoms with Crippen LogP contribution in [0, 0.1) is 11.8 Å². The molecule has 0 heterocycles. The molecule has 2 N–H and O–H groups in total. The van der Waals surface area contributed by atoms with Crippen molar-refractivity contribution in [1.29, 1.82) is 0 Å². The van der Waals surface area contributed by atoms with Crippen LogP contribution in [0.15, 0.2) is 109 Å². The highest BCUT2D eigenvalue weighted by Gasteiger charge is 2.63. The average molecular weight is 703 g/mol. The maximum atomic E-state index is 14.2. The number of carbonyl (C=O) groups is 4. The molecule has 2 fully saturated rings. The molecule has 0 spiro atoms. The van der Waals surface area contributed by atoms with Crippen molar-refractivity contribution in [3.8, 4) is 11.5 Å². The molecule has 5 atom stereocenters. The summed E-state index contributed by atoms with van der Waals surface area (Å²) in [5.41, 5.74) is 2.16. The maximum absolute atomic E-state index is 14.2. The molecule has 0 aliphatic heterocycles. The van der Waals surface area contributed by atoms with E-state index in [2.05, 4.69) is 10.6 Å². The first-order chi connectivity index (χ1) is 25.1. The van der Waals surface area contributed by atoms with Gasteiger partial charge in [-0.15, -0.1) is 0 Å². The number of carbonyl (C=O) groups excluding carboxylic acids is 4. The van der Waals surface area contributed by atoms with Gasteiger partial charge in [0.2, 0.25) is 17.7 Å². The van der Waals surface area contributed by atoms with Gasteiger partial charge in [-0.2, -0.15) is 0 Å². The van der Waals surface area contributed by atoms with E-state index in [0.717, 1.165) is 11.1 Å². The van der Waals surface area contributed by atoms with Crippen LogP contribution in [0.2, 0.25) is 0 Å². The van der Waals surface area contributed by atoms with Crippen LogP contribution in [-0.4, -0.2) is 63.5 Å². The molecule has 0 saturated heterocycles. The van der Waals surface area contributed by atoms with E-state index < -0.39 is 23.4 Å². The summed E-state index contributed by atoms with van der Waals surface area (Å²) in [4.78, 5) is 58.9. The SMILES string of the molecule is COc1ccc(N(C)C(=O)[C@H](Cc2ccccc2)NC(=O)[C@@H]2CC[C@H](C(=O)N[C@@]3(C(=O)N(C)c4ccc(OC)cc4)CC3c3ccccc3)C2)cc1. The smallest absolute Gasteiger partial charge is 0.253 e. The number of rotatable bonds is 13. The number of methoxy groups -OCH3 is 2. The third-order valence-corrected chi connectivity index (χ3v) is 10.5. The highest BCUT2D eigenvalue weighted by atomic mass is 16.5. The number of hydrogen-bond donors (Lipinski definition) is 2. The van der Waals surface area contributed by atoms with Gasteiger partial charge in [-0.05, 0) is 85.3 Å². The molecule has 6 rings (SSSR count). The van der Waals surface area contributed by atoms with Crippen molar-refractivity contribution >= 4 is 35.0 Å². The van der Waals surface area contributed by atoms with E-state index in [-0.39, 0.29) is 29.5 Å². The maximum Gasteiger partial charge on any atom is 0.253 e. The Labute approximate surface area is 305 Å². The third kappa shape index (κ3) is 7.81. The van der Waals surface area contributed by atoms with Crippen molar-refractivity contribution < 1.29 is 28.7 Å². The molecule has 0 aromatic heterocycles. The van der Waals surface area contributed by atoms with Crippen LogP contribution in [0.25, 0.3) is 0 Å². The molecule has 4 amide bonds. The summed E-state index contributed by atoms with van der Waals surface area (Å²) >= 11 is 0. The van der Waals surface area contributed by atoms with Crippen LogP contribution < -0.4 is 29.9 Å². The fourth-order valence-corrected chi connectivity index (χ4v) is 7.29. The van der Waals surface area contributed by atoms with E-state index >= 15 is 0 Å². The highest BCUT2D eigenvalue weighted by Crippen LogP contribution is 2.53. The van der Waals surface area contributed by atoms with Crippen molar-refractivity contribution in [2.24, 2.45) is 11.8 Å². The number of anilines is 2. The van der Waals surface area contributed by atoms with Gasteiger partial charge in [-0.3, -0.25) is 19.2 Å². The molecule has 0 bridgehead atoms. The largest absolute Gasteiger partial charge is 0.497 e. The molecule has 2 aliphatic carbocycles. The van der Waals surface area contributed by atoms with Crippen LogP contribution in [0.4, 0.5) is 11.4 Å². The van der Waals surface area contributed by atoms with Gasteiger partial charge in [0.05, 0.1) is 14.2 Å². The summed E-state index contributed by atoms with van der Waals surface area (Å²) in [6.45, 7) is 0. The van der Waals surface area contributed by atoms with Gasteiger partial charge < -0.3 is 29.9 Å². The molecular weight excluding hydrogens is 656 g/mol. The molecule has 2 aliphatic rings. The Balaban J connectivity index is 1.14. The molecule has 52 heavy (non-hydrogen) atoms. The summed E-state index contributed by atoms with van der Waals surface area (Å²) in [6, 6.07) is 32.9. The lowest BCUT2D eigenvalue weighted by Crippen LogP contribution is -2.52. The topological polar surface area (TPSA) is 117 Å². The van der Waals surface area contributed by atoms with Crippen LogP contribution in [0.3, 0.4) is 0 Å². The van der Waals surface area contributed by atoms with E-state index in [9.17, 15) is 19.2 Å². The molecule has 4 aromatic carbocycles. The Morgan fingerprint density at radius 2 is 1.23 bits per heavy atom. The molecule has 10 nitrogen and oxygen atoms in total. The molecule has 270 valence electrons. The average Bonchev–Trinajstić information content (AvgIpc) is 3.69. The zero-order valence-corrected chi connectivity index (χ0v) is 30.1. The second kappa shape index (κ2) is 15.7. The fraction of sp³-hybridized carbons (Fsp3) is 0.333. The Morgan fingerprint density at radius 1 is 0.712 bits per heavy atom. The van der Waals surface area contributed by atoms with Crippen molar-refractivity contribution in [2.45, 2.75) is 49.6 Å². The normalized spacial score (nSPS) is 21.0. The summed E-state index contributed by atoms with van der Waals surface area (Å²) in [7, 11) is 6.58. The van der Waals surface area contributed by atoms with Gasteiger partial charge in [-0.1, -0.05) is 60.7 Å². The van der Waals surface area contributed by atoms with Gasteiger partial charge in [0.15, 0.2) is 0 Å². The number of benzene rings is 4. The molecular formula is C42H46N4O6. The predicted octanol–water partition coefficient (Wildman–Crippen LogP) is 5.52. The van der Waals surface area contributed by atoms with Gasteiger partial charge in [0, 0.05) is 49.6 Å². The number of hydrogen-bond acceptors (Lipinski definition) is 6. The lowest BCUT2D eigenvalue weighted by Gasteiger charge is -2.27. The van der Waals surface area contributed by atoms with E-state index in [0.29, 0.717) is 55.0 Å². The number of ether oxygens (including phenoxy) is 2. The lowest BCUT2D eigenvalue weighted by atomic mass is 9.99. The summed E-state index contributed by atoms with van der Waals surface area (Å²) in [5, 5.41) is 6.20. The summed E-state index contributed by atoms with van der Waals surface area (Å²) in [6.07, 6.45) is 2.12. The predicted molar refractivity (Wildman–Crippen MR) is 200 cm³/mol. The number of likely N-dealkylation sites (N-methyl/N-ethyl adjacent to an activating group) is 2. The van der Waals surface area contributed by atoms with Crippen molar-refractivity contribution in [3.05, 3.63) is 120 Å². The quantitative estimate of drug-likeness (QED) is 0.190. The summed E-state index contributed by atoms with van der Waals surface area (Å²) < 4.78 is 10.5. The molecule has 2 saturated carbocycles. The van der Waals surface area contributed by atoms with Crippen molar-refractivity contribution in [1.82, 2.24) is 10.6 Å². The van der Waals surface area contributed by atoms with E-state index in [1.54, 1.807) is 69.6 Å². The number of nitrogens with one attached hydrogen (secondary N) is 2. The minimum atomic E-state index is -1.10. The van der Waals surface area contributed by atoms with Gasteiger partial charge >= 0.3 is 0 Å². The van der Waals surface area contributed by atoms with Crippen LogP contribution in [0.1, 0.15) is 42.7 Å². The van der Waals surface area contributed by atoms with Crippen molar-refractivity contribution in [3.63, 3.8) is 0 Å². The Morgan fingerprint density at radius 3 is 1.79 bits per heavy atom. The fourth-order valence-electron chi connectivity index (χ4n) is 7.29. The lowest BCUT2D eigenvalue weighted by molar-refractivity contribution is -0.131. The minimum absolute atomic E-state index is 0.182. The van der Waals surface area contributed by atoms with E-state index in [4.69, 9.17) is 9.47 Å². The van der Waals surface area contributed by atoms with Crippen LogP contribution in [-0.2, 0) is 25.6 Å². The van der Waals surface area contributed by atoms with E-state index in [1.807, 2.05) is 72.8 Å². The highest BCUT2D eigenvalue weighted by molar-refractivity contribution is 6.06. The second-order valence-corrected chi connectivity index (χ2v) is 13.7. The monoisotopic (exact) mass is 702 g/mol. The second-order valence-electron chi connectivity index (χ2n) is 13.7. The summed E-state index contributed by atoms with van der Waals surface area (Å²) in [5.74, 6) is -0.671. The standard InChI is InChI=1S/C42H46N4O6/c1-45(32-17-21-34(51-3)22-18-32)40(49)37(25-28-11-7-5-8-12-28)43-38(47)30-15-16-31(26-30)39(48)44-42(27-36(42)29-13-9-6-10-14-29)41(50)46(2)33-19-23-35(52-4)24-20-33/h5-14,17-24,30-31,36-37H,15-16,25-27H2,1-4H3,(H,43,47)(H,44,48)/t30-,31+,36?,37+,42+/m1/s1. The Kier molecular flexibility index (Phi) is 10.9. The molecule has 1 unspecified atom stereocenters. The number of amides is 4. The minimum Gasteiger partial charge on any atom is -0.497 e. The molecule has 4 aromatic rings. The Hall–Kier alpha value is -5.64. The van der Waals surface area contributed by atoms with Gasteiger partial charge in [0.1, 0.15) is 23.1 Å². The van der Waals surface area contributed by atoms with Gasteiger partial charge in [0.25, 0.3) is 5.91 Å². The number of nitrogens with zero attached hydrogens (tertiary/aromatic N) is 2. The van der Waals surface area contributed by atoms with Gasteiger partial charge in [-0.25, -0.2) is 0 Å². The first-order valence-corrected chi connectivity index (χ1v) is 17.7. The molecule has 0 radical (unpaired) electrons. The molecule has 10 heteroatoms. The van der Waals surface area contributed by atoms with E-state index in [1.165, 1.54) is 4.90 Å². The first-order valence-electron chi connectivity index (χ1n) is 17.7. The zero-order chi connectivity index (χ0) is 36.8. The van der Waals surface area contributed by atoms with Crippen LogP contribution >= 0.6 is 0 Å². The third-order valence-electron chi connectivity index (χ3n) is 10.5. The van der Waals surface area contributed by atoms with Crippen molar-refractivity contribution in [2.75, 3.05) is 38.1 Å². The first kappa shape index (κ1) is 36.2. The van der Waals surface area contributed by atoms with Crippen LogP contribution in [0.5, 0.6) is 11.5 Å². The zero-order valence-electron chi connectivity index (χ0n) is 30.1.